The first kappa shape index (κ1) is 20.1. The van der Waals surface area contributed by atoms with Gasteiger partial charge in [-0.15, -0.1) is 0 Å². The second-order valence-electron chi connectivity index (χ2n) is 6.39. The van der Waals surface area contributed by atoms with E-state index >= 15 is 0 Å². The van der Waals surface area contributed by atoms with Crippen molar-refractivity contribution in [1.82, 2.24) is 4.72 Å². The lowest BCUT2D eigenvalue weighted by Crippen LogP contribution is -2.45. The molecule has 5 nitrogen and oxygen atoms in total. The van der Waals surface area contributed by atoms with Gasteiger partial charge in [-0.25, -0.2) is 8.42 Å². The van der Waals surface area contributed by atoms with E-state index in [0.29, 0.717) is 6.42 Å². The van der Waals surface area contributed by atoms with Crippen LogP contribution in [0.1, 0.15) is 31.4 Å². The van der Waals surface area contributed by atoms with Gasteiger partial charge in [-0.1, -0.05) is 68.3 Å². The highest BCUT2D eigenvalue weighted by atomic mass is 32.2. The van der Waals surface area contributed by atoms with E-state index in [1.807, 2.05) is 51.1 Å². The van der Waals surface area contributed by atoms with Crippen molar-refractivity contribution in [3.05, 3.63) is 65.7 Å². The van der Waals surface area contributed by atoms with Crippen molar-refractivity contribution in [3.8, 4) is 0 Å². The Hall–Kier alpha value is -2.18. The highest BCUT2D eigenvalue weighted by Crippen LogP contribution is 2.16. The molecule has 0 aliphatic heterocycles. The van der Waals surface area contributed by atoms with Gasteiger partial charge < -0.3 is 4.74 Å². The Morgan fingerprint density at radius 3 is 2.27 bits per heavy atom. The van der Waals surface area contributed by atoms with Crippen LogP contribution in [0.5, 0.6) is 0 Å². The Bertz CT molecular complexity index is 817. The molecule has 0 saturated carbocycles. The summed E-state index contributed by atoms with van der Waals surface area (Å²) in [5.41, 5.74) is 1.81. The van der Waals surface area contributed by atoms with Gasteiger partial charge in [0.25, 0.3) is 0 Å². The molecule has 2 aromatic carbocycles. The monoisotopic (exact) mass is 375 g/mol. The van der Waals surface area contributed by atoms with E-state index in [1.54, 1.807) is 12.1 Å². The van der Waals surface area contributed by atoms with Crippen molar-refractivity contribution >= 4 is 16.0 Å². The van der Waals surface area contributed by atoms with Gasteiger partial charge in [0, 0.05) is 0 Å². The van der Waals surface area contributed by atoms with Crippen LogP contribution in [0.25, 0.3) is 0 Å². The number of ether oxygens (including phenoxy) is 1. The molecule has 0 aromatic heterocycles. The Morgan fingerprint density at radius 1 is 1.08 bits per heavy atom. The molecule has 0 fully saturated rings. The number of benzene rings is 2. The minimum Gasteiger partial charge on any atom is -0.460 e. The van der Waals surface area contributed by atoms with Crippen LogP contribution >= 0.6 is 0 Å². The third-order valence-corrected chi connectivity index (χ3v) is 5.76. The summed E-state index contributed by atoms with van der Waals surface area (Å²) in [7, 11) is -3.81. The van der Waals surface area contributed by atoms with Crippen molar-refractivity contribution in [2.45, 2.75) is 44.7 Å². The van der Waals surface area contributed by atoms with Gasteiger partial charge in [-0.3, -0.25) is 4.79 Å². The maximum Gasteiger partial charge on any atom is 0.324 e. The highest BCUT2D eigenvalue weighted by Gasteiger charge is 2.31. The van der Waals surface area contributed by atoms with E-state index in [1.165, 1.54) is 12.1 Å². The molecule has 0 bridgehead atoms. The second-order valence-corrected chi connectivity index (χ2v) is 8.10. The highest BCUT2D eigenvalue weighted by molar-refractivity contribution is 7.89. The van der Waals surface area contributed by atoms with Crippen molar-refractivity contribution in [3.63, 3.8) is 0 Å². The van der Waals surface area contributed by atoms with Gasteiger partial charge in [0.1, 0.15) is 12.6 Å². The fraction of sp³-hybridized carbons (Fsp3) is 0.350. The smallest absolute Gasteiger partial charge is 0.324 e. The van der Waals surface area contributed by atoms with Crippen LogP contribution in [-0.4, -0.2) is 20.4 Å². The average Bonchev–Trinajstić information content (AvgIpc) is 2.65. The number of esters is 1. The number of nitrogens with one attached hydrogen (secondary N) is 1. The summed E-state index contributed by atoms with van der Waals surface area (Å²) in [5.74, 6) is -0.766. The molecule has 0 spiro atoms. The third-order valence-electron chi connectivity index (χ3n) is 4.30. The molecule has 0 aliphatic rings. The molecule has 0 heterocycles. The van der Waals surface area contributed by atoms with Gasteiger partial charge in [-0.05, 0) is 30.5 Å². The summed E-state index contributed by atoms with van der Waals surface area (Å²) >= 11 is 0. The summed E-state index contributed by atoms with van der Waals surface area (Å²) in [6, 6.07) is 14.9. The normalized spacial score (nSPS) is 13.8. The molecular weight excluding hydrogens is 350 g/mol. The molecule has 0 radical (unpaired) electrons. The lowest BCUT2D eigenvalue weighted by atomic mass is 10.0. The minimum atomic E-state index is -3.81. The largest absolute Gasteiger partial charge is 0.460 e. The molecule has 6 heteroatoms. The molecule has 0 unspecified atom stereocenters. The summed E-state index contributed by atoms with van der Waals surface area (Å²) in [5, 5.41) is 0. The molecule has 0 saturated heterocycles. The van der Waals surface area contributed by atoms with Crippen molar-refractivity contribution < 1.29 is 17.9 Å². The van der Waals surface area contributed by atoms with E-state index in [0.717, 1.165) is 11.1 Å². The van der Waals surface area contributed by atoms with Crippen LogP contribution in [0, 0.1) is 12.8 Å². The molecule has 1 N–H and O–H groups in total. The predicted molar refractivity (Wildman–Crippen MR) is 101 cm³/mol. The number of carbonyl (C=O) groups excluding carboxylic acids is 1. The van der Waals surface area contributed by atoms with Crippen LogP contribution in [0.4, 0.5) is 0 Å². The molecule has 0 aliphatic carbocycles. The zero-order chi connectivity index (χ0) is 19.2. The van der Waals surface area contributed by atoms with Crippen LogP contribution in [0.15, 0.2) is 59.5 Å². The number of sulfonamides is 1. The standard InChI is InChI=1S/C20H25NO4S/c1-4-16(3)19(20(22)25-14-17-8-6-5-7-9-17)21-26(23,24)18-12-10-15(2)11-13-18/h5-13,16,19,21H,4,14H2,1-3H3/t16-,19-/m0/s1. The van der Waals surface area contributed by atoms with E-state index in [-0.39, 0.29) is 17.4 Å². The fourth-order valence-electron chi connectivity index (χ4n) is 2.40. The SMILES string of the molecule is CC[C@H](C)[C@H](NS(=O)(=O)c1ccc(C)cc1)C(=O)OCc1ccccc1. The Labute approximate surface area is 155 Å². The lowest BCUT2D eigenvalue weighted by molar-refractivity contribution is -0.148. The maximum atomic E-state index is 12.6. The molecule has 140 valence electrons. The predicted octanol–water partition coefficient (Wildman–Crippen LogP) is 3.43. The average molecular weight is 375 g/mol. The zero-order valence-electron chi connectivity index (χ0n) is 15.3. The summed E-state index contributed by atoms with van der Waals surface area (Å²) < 4.78 is 33.1. The first-order valence-corrected chi connectivity index (χ1v) is 10.1. The number of hydrogen-bond donors (Lipinski definition) is 1. The van der Waals surface area contributed by atoms with E-state index < -0.39 is 22.0 Å². The quantitative estimate of drug-likeness (QED) is 0.718. The summed E-state index contributed by atoms with van der Waals surface area (Å²) in [6.45, 7) is 5.72. The third kappa shape index (κ3) is 5.41. The Morgan fingerprint density at radius 2 is 1.69 bits per heavy atom. The van der Waals surface area contributed by atoms with E-state index in [2.05, 4.69) is 4.72 Å². The van der Waals surface area contributed by atoms with Crippen molar-refractivity contribution in [2.75, 3.05) is 0 Å². The summed E-state index contributed by atoms with van der Waals surface area (Å²) in [4.78, 5) is 12.7. The van der Waals surface area contributed by atoms with Gasteiger partial charge in [0.15, 0.2) is 0 Å². The molecule has 0 amide bonds. The Balaban J connectivity index is 2.13. The summed E-state index contributed by atoms with van der Waals surface area (Å²) in [6.07, 6.45) is 0.640. The number of hydrogen-bond acceptors (Lipinski definition) is 4. The first-order valence-electron chi connectivity index (χ1n) is 8.63. The number of rotatable bonds is 8. The molecule has 2 aromatic rings. The van der Waals surface area contributed by atoms with Gasteiger partial charge in [0.2, 0.25) is 10.0 Å². The van der Waals surface area contributed by atoms with Gasteiger partial charge >= 0.3 is 5.97 Å². The zero-order valence-corrected chi connectivity index (χ0v) is 16.1. The number of carbonyl (C=O) groups is 1. The first-order chi connectivity index (χ1) is 12.3. The van der Waals surface area contributed by atoms with E-state index in [9.17, 15) is 13.2 Å². The van der Waals surface area contributed by atoms with Crippen LogP contribution in [-0.2, 0) is 26.2 Å². The molecule has 2 rings (SSSR count). The second kappa shape index (κ2) is 8.96. The Kier molecular flexibility index (Phi) is 6.94. The van der Waals surface area contributed by atoms with E-state index in [4.69, 9.17) is 4.74 Å². The van der Waals surface area contributed by atoms with Crippen LogP contribution in [0.3, 0.4) is 0 Å². The van der Waals surface area contributed by atoms with Crippen LogP contribution in [0.2, 0.25) is 0 Å². The van der Waals surface area contributed by atoms with Crippen molar-refractivity contribution in [1.29, 1.82) is 0 Å². The van der Waals surface area contributed by atoms with Crippen LogP contribution < -0.4 is 4.72 Å². The minimum absolute atomic E-state index is 0.110. The molecule has 26 heavy (non-hydrogen) atoms. The lowest BCUT2D eigenvalue weighted by Gasteiger charge is -2.22. The van der Waals surface area contributed by atoms with Crippen molar-refractivity contribution in [2.24, 2.45) is 5.92 Å². The molecule has 2 atom stereocenters. The molecular formula is C20H25NO4S. The maximum absolute atomic E-state index is 12.6. The van der Waals surface area contributed by atoms with Gasteiger partial charge in [0.05, 0.1) is 4.90 Å². The fourth-order valence-corrected chi connectivity index (χ4v) is 3.70. The number of aryl methyl sites for hydroxylation is 1. The topological polar surface area (TPSA) is 72.5 Å². The van der Waals surface area contributed by atoms with Gasteiger partial charge in [-0.2, -0.15) is 4.72 Å².